The fraction of sp³-hybridized carbons (Fsp3) is 0.0909. The second-order valence-electron chi connectivity index (χ2n) is 3.84. The maximum Gasteiger partial charge on any atom is 0.335 e. The largest absolute Gasteiger partial charge is 0.506 e. The SMILES string of the molecule is Cc1ncc(S(=O)(=O)Nc2cc(C(=O)O)ccc2O)s1. The maximum absolute atomic E-state index is 12.0. The van der Waals surface area contributed by atoms with Gasteiger partial charge in [0.25, 0.3) is 10.0 Å². The summed E-state index contributed by atoms with van der Waals surface area (Å²) in [5, 5.41) is 19.0. The number of phenolic OH excluding ortho intramolecular Hbond substituents is 1. The molecule has 3 N–H and O–H groups in total. The molecule has 1 aromatic heterocycles. The molecule has 7 nitrogen and oxygen atoms in total. The Kier molecular flexibility index (Phi) is 3.64. The van der Waals surface area contributed by atoms with Crippen LogP contribution in [-0.2, 0) is 10.0 Å². The highest BCUT2D eigenvalue weighted by Crippen LogP contribution is 2.28. The number of carboxylic acids is 1. The van der Waals surface area contributed by atoms with E-state index >= 15 is 0 Å². The number of anilines is 1. The number of carboxylic acid groups (broad SMARTS) is 1. The van der Waals surface area contributed by atoms with Gasteiger partial charge in [-0.15, -0.1) is 11.3 Å². The summed E-state index contributed by atoms with van der Waals surface area (Å²) in [5.74, 6) is -1.58. The van der Waals surface area contributed by atoms with Crippen molar-refractivity contribution in [1.29, 1.82) is 0 Å². The number of aromatic carboxylic acids is 1. The number of aryl methyl sites for hydroxylation is 1. The first kappa shape index (κ1) is 14.3. The third kappa shape index (κ3) is 2.89. The summed E-state index contributed by atoms with van der Waals surface area (Å²) in [6.07, 6.45) is 1.19. The van der Waals surface area contributed by atoms with Gasteiger partial charge in [0, 0.05) is 0 Å². The van der Waals surface area contributed by atoms with Crippen molar-refractivity contribution in [1.82, 2.24) is 4.98 Å². The molecule has 0 amide bonds. The maximum atomic E-state index is 12.0. The van der Waals surface area contributed by atoms with Crippen molar-refractivity contribution < 1.29 is 23.4 Å². The van der Waals surface area contributed by atoms with Gasteiger partial charge in [-0.1, -0.05) is 0 Å². The van der Waals surface area contributed by atoms with Gasteiger partial charge >= 0.3 is 5.97 Å². The standard InChI is InChI=1S/C11H10N2O5S2/c1-6-12-5-10(19-6)20(17,18)13-8-4-7(11(15)16)2-3-9(8)14/h2-5,13-14H,1H3,(H,15,16). The molecule has 0 saturated carbocycles. The zero-order valence-corrected chi connectivity index (χ0v) is 11.8. The van der Waals surface area contributed by atoms with Gasteiger partial charge in [-0.05, 0) is 25.1 Å². The van der Waals surface area contributed by atoms with Gasteiger partial charge in [0.1, 0.15) is 5.75 Å². The summed E-state index contributed by atoms with van der Waals surface area (Å²) in [7, 11) is -3.90. The molecule has 0 unspecified atom stereocenters. The van der Waals surface area contributed by atoms with E-state index in [0.717, 1.165) is 23.5 Å². The summed E-state index contributed by atoms with van der Waals surface area (Å²) in [5.41, 5.74) is -0.336. The lowest BCUT2D eigenvalue weighted by atomic mass is 10.2. The van der Waals surface area contributed by atoms with Crippen LogP contribution in [0.2, 0.25) is 0 Å². The van der Waals surface area contributed by atoms with Gasteiger partial charge in [-0.25, -0.2) is 18.2 Å². The Morgan fingerprint density at radius 1 is 1.40 bits per heavy atom. The van der Waals surface area contributed by atoms with Crippen molar-refractivity contribution >= 4 is 33.0 Å². The minimum absolute atomic E-state index is 0.0184. The average molecular weight is 314 g/mol. The van der Waals surface area contributed by atoms with E-state index in [1.165, 1.54) is 12.3 Å². The van der Waals surface area contributed by atoms with E-state index in [9.17, 15) is 18.3 Å². The Morgan fingerprint density at radius 2 is 2.10 bits per heavy atom. The van der Waals surface area contributed by atoms with Crippen molar-refractivity contribution in [3.05, 3.63) is 35.0 Å². The third-order valence-corrected chi connectivity index (χ3v) is 5.09. The highest BCUT2D eigenvalue weighted by Gasteiger charge is 2.19. The zero-order valence-electron chi connectivity index (χ0n) is 10.2. The Bertz CT molecular complexity index is 767. The van der Waals surface area contributed by atoms with Gasteiger partial charge in [0.2, 0.25) is 0 Å². The summed E-state index contributed by atoms with van der Waals surface area (Å²) in [6.45, 7) is 1.66. The van der Waals surface area contributed by atoms with E-state index in [-0.39, 0.29) is 21.2 Å². The topological polar surface area (TPSA) is 117 Å². The molecular weight excluding hydrogens is 304 g/mol. The van der Waals surface area contributed by atoms with Crippen LogP contribution in [0.1, 0.15) is 15.4 Å². The molecule has 106 valence electrons. The van der Waals surface area contributed by atoms with E-state index < -0.39 is 16.0 Å². The monoisotopic (exact) mass is 314 g/mol. The number of rotatable bonds is 4. The summed E-state index contributed by atoms with van der Waals surface area (Å²) >= 11 is 0.971. The molecule has 9 heteroatoms. The van der Waals surface area contributed by atoms with E-state index in [1.807, 2.05) is 0 Å². The minimum Gasteiger partial charge on any atom is -0.506 e. The molecule has 1 aromatic carbocycles. The quantitative estimate of drug-likeness (QED) is 0.739. The number of phenols is 1. The number of nitrogens with zero attached hydrogens (tertiary/aromatic N) is 1. The third-order valence-electron chi connectivity index (χ3n) is 2.35. The molecule has 0 fully saturated rings. The van der Waals surface area contributed by atoms with E-state index in [4.69, 9.17) is 5.11 Å². The highest BCUT2D eigenvalue weighted by molar-refractivity contribution is 7.94. The molecule has 20 heavy (non-hydrogen) atoms. The van der Waals surface area contributed by atoms with Crippen molar-refractivity contribution in [3.8, 4) is 5.75 Å². The van der Waals surface area contributed by atoms with Gasteiger partial charge in [-0.3, -0.25) is 4.72 Å². The smallest absolute Gasteiger partial charge is 0.335 e. The second-order valence-corrected chi connectivity index (χ2v) is 6.98. The summed E-state index contributed by atoms with van der Waals surface area (Å²) in [4.78, 5) is 14.7. The summed E-state index contributed by atoms with van der Waals surface area (Å²) in [6, 6.07) is 3.33. The van der Waals surface area contributed by atoms with Crippen LogP contribution >= 0.6 is 11.3 Å². The molecule has 0 bridgehead atoms. The van der Waals surface area contributed by atoms with Crippen molar-refractivity contribution in [3.63, 3.8) is 0 Å². The lowest BCUT2D eigenvalue weighted by molar-refractivity contribution is 0.0697. The van der Waals surface area contributed by atoms with Crippen LogP contribution in [0.4, 0.5) is 5.69 Å². The van der Waals surface area contributed by atoms with Crippen molar-refractivity contribution in [2.75, 3.05) is 4.72 Å². The number of aromatic nitrogens is 1. The van der Waals surface area contributed by atoms with Crippen molar-refractivity contribution in [2.24, 2.45) is 0 Å². The number of nitrogens with one attached hydrogen (secondary N) is 1. The number of aromatic hydroxyl groups is 1. The van der Waals surface area contributed by atoms with Crippen LogP contribution in [0.25, 0.3) is 0 Å². The lowest BCUT2D eigenvalue weighted by Gasteiger charge is -2.08. The molecule has 0 aliphatic carbocycles. The van der Waals surface area contributed by atoms with Crippen LogP contribution in [0, 0.1) is 6.92 Å². The first-order valence-electron chi connectivity index (χ1n) is 5.31. The molecule has 0 saturated heterocycles. The molecule has 1 heterocycles. The normalized spacial score (nSPS) is 11.2. The molecule has 2 aromatic rings. The van der Waals surface area contributed by atoms with Crippen molar-refractivity contribution in [2.45, 2.75) is 11.1 Å². The van der Waals surface area contributed by atoms with E-state index in [2.05, 4.69) is 9.71 Å². The van der Waals surface area contributed by atoms with Gasteiger partial charge in [0.15, 0.2) is 4.21 Å². The predicted octanol–water partition coefficient (Wildman–Crippen LogP) is 1.66. The molecule has 0 aliphatic heterocycles. The van der Waals surface area contributed by atoms with Crippen LogP contribution < -0.4 is 4.72 Å². The number of carbonyl (C=O) groups is 1. The fourth-order valence-electron chi connectivity index (χ4n) is 1.41. The number of hydrogen-bond donors (Lipinski definition) is 3. The van der Waals surface area contributed by atoms with Crippen LogP contribution in [-0.4, -0.2) is 29.6 Å². The first-order valence-corrected chi connectivity index (χ1v) is 7.61. The number of thiazole rings is 1. The number of benzene rings is 1. The van der Waals surface area contributed by atoms with Crippen LogP contribution in [0.15, 0.2) is 28.6 Å². The van der Waals surface area contributed by atoms with E-state index in [0.29, 0.717) is 5.01 Å². The minimum atomic E-state index is -3.90. The Hall–Kier alpha value is -2.13. The fourth-order valence-corrected chi connectivity index (χ4v) is 3.58. The molecular formula is C11H10N2O5S2. The first-order chi connectivity index (χ1) is 9.29. The molecule has 0 spiro atoms. The molecule has 0 radical (unpaired) electrons. The van der Waals surface area contributed by atoms with Gasteiger partial charge < -0.3 is 10.2 Å². The molecule has 2 rings (SSSR count). The second kappa shape index (κ2) is 5.10. The van der Waals surface area contributed by atoms with Crippen LogP contribution in [0.5, 0.6) is 5.75 Å². The van der Waals surface area contributed by atoms with Gasteiger partial charge in [0.05, 0.1) is 22.5 Å². The number of hydrogen-bond acceptors (Lipinski definition) is 6. The van der Waals surface area contributed by atoms with Crippen LogP contribution in [0.3, 0.4) is 0 Å². The molecule has 0 atom stereocenters. The average Bonchev–Trinajstić information content (AvgIpc) is 2.79. The zero-order chi connectivity index (χ0) is 14.9. The number of sulfonamides is 1. The highest BCUT2D eigenvalue weighted by atomic mass is 32.2. The summed E-state index contributed by atoms with van der Waals surface area (Å²) < 4.78 is 26.2. The van der Waals surface area contributed by atoms with E-state index in [1.54, 1.807) is 6.92 Å². The lowest BCUT2D eigenvalue weighted by Crippen LogP contribution is -2.12. The van der Waals surface area contributed by atoms with Gasteiger partial charge in [-0.2, -0.15) is 0 Å². The Balaban J connectivity index is 2.39. The predicted molar refractivity (Wildman–Crippen MR) is 72.7 cm³/mol. The molecule has 0 aliphatic rings. The Morgan fingerprint density at radius 3 is 2.65 bits per heavy atom. The Labute approximate surface area is 118 Å².